The van der Waals surface area contributed by atoms with E-state index in [0.29, 0.717) is 6.20 Å². The van der Waals surface area contributed by atoms with Gasteiger partial charge in [0.15, 0.2) is 5.69 Å². The Hall–Kier alpha value is -2.98. The first-order chi connectivity index (χ1) is 11.2. The van der Waals surface area contributed by atoms with E-state index >= 15 is 0 Å². The van der Waals surface area contributed by atoms with Crippen LogP contribution in [0.5, 0.6) is 5.75 Å². The highest BCUT2D eigenvalue weighted by atomic mass is 19.4. The van der Waals surface area contributed by atoms with Crippen LogP contribution in [0.2, 0.25) is 0 Å². The van der Waals surface area contributed by atoms with Gasteiger partial charge < -0.3 is 15.8 Å². The molecule has 0 saturated heterocycles. The molecule has 0 unspecified atom stereocenters. The van der Waals surface area contributed by atoms with Crippen molar-refractivity contribution in [1.29, 1.82) is 0 Å². The molecular formula is C13H9F5N4O2. The SMILES string of the molecule is NC(=O)c1cnc(Nc2ccc(OC(F)F)cc2)nc1C(F)(F)F. The van der Waals surface area contributed by atoms with E-state index in [4.69, 9.17) is 5.73 Å². The number of aromatic nitrogens is 2. The Morgan fingerprint density at radius 3 is 2.33 bits per heavy atom. The highest BCUT2D eigenvalue weighted by Gasteiger charge is 2.37. The van der Waals surface area contributed by atoms with Crippen LogP contribution in [0.15, 0.2) is 30.5 Å². The highest BCUT2D eigenvalue weighted by molar-refractivity contribution is 5.93. The number of halogens is 5. The number of hydrogen-bond donors (Lipinski definition) is 2. The van der Waals surface area contributed by atoms with Gasteiger partial charge in [0.1, 0.15) is 5.75 Å². The topological polar surface area (TPSA) is 90.1 Å². The van der Waals surface area contributed by atoms with Crippen molar-refractivity contribution in [2.24, 2.45) is 5.73 Å². The summed E-state index contributed by atoms with van der Waals surface area (Å²) in [6.45, 7) is -3.00. The minimum absolute atomic E-state index is 0.128. The normalized spacial score (nSPS) is 11.4. The van der Waals surface area contributed by atoms with Crippen LogP contribution in [0.25, 0.3) is 0 Å². The number of ether oxygens (including phenoxy) is 1. The zero-order valence-electron chi connectivity index (χ0n) is 11.6. The van der Waals surface area contributed by atoms with Gasteiger partial charge in [-0.3, -0.25) is 4.79 Å². The molecule has 6 nitrogen and oxygen atoms in total. The molecule has 3 N–H and O–H groups in total. The second-order valence-corrected chi connectivity index (χ2v) is 4.35. The highest BCUT2D eigenvalue weighted by Crippen LogP contribution is 2.31. The summed E-state index contributed by atoms with van der Waals surface area (Å²) in [7, 11) is 0. The molecule has 2 rings (SSSR count). The number of hydrogen-bond acceptors (Lipinski definition) is 5. The van der Waals surface area contributed by atoms with E-state index in [0.717, 1.165) is 0 Å². The van der Waals surface area contributed by atoms with E-state index in [1.807, 2.05) is 0 Å². The Labute approximate surface area is 131 Å². The van der Waals surface area contributed by atoms with Crippen molar-refractivity contribution >= 4 is 17.5 Å². The lowest BCUT2D eigenvalue weighted by Crippen LogP contribution is -2.21. The van der Waals surface area contributed by atoms with E-state index in [1.165, 1.54) is 24.3 Å². The third kappa shape index (κ3) is 4.27. The minimum Gasteiger partial charge on any atom is -0.435 e. The van der Waals surface area contributed by atoms with Crippen LogP contribution in [0.3, 0.4) is 0 Å². The maximum absolute atomic E-state index is 12.9. The standard InChI is InChI=1S/C13H9F5N4O2/c14-11(15)24-7-3-1-6(2-4-7)21-12-20-5-8(10(19)23)9(22-12)13(16,17)18/h1-5,11H,(H2,19,23)(H,20,21,22). The molecule has 0 aliphatic rings. The molecule has 0 radical (unpaired) electrons. The van der Waals surface area contributed by atoms with Gasteiger partial charge in [0.25, 0.3) is 5.91 Å². The second-order valence-electron chi connectivity index (χ2n) is 4.35. The number of benzene rings is 1. The average Bonchev–Trinajstić information content (AvgIpc) is 2.47. The van der Waals surface area contributed by atoms with Crippen LogP contribution in [0, 0.1) is 0 Å². The van der Waals surface area contributed by atoms with Crippen LogP contribution >= 0.6 is 0 Å². The molecular weight excluding hydrogens is 339 g/mol. The summed E-state index contributed by atoms with van der Waals surface area (Å²) >= 11 is 0. The predicted octanol–water partition coefficient (Wildman–Crippen LogP) is 2.94. The molecule has 0 fully saturated rings. The van der Waals surface area contributed by atoms with E-state index in [-0.39, 0.29) is 11.4 Å². The molecule has 2 aromatic rings. The summed E-state index contributed by atoms with van der Waals surface area (Å²) in [5.74, 6) is -1.89. The second kappa shape index (κ2) is 6.64. The molecule has 0 atom stereocenters. The van der Waals surface area contributed by atoms with Crippen LogP contribution in [0.1, 0.15) is 16.1 Å². The molecule has 1 aromatic carbocycles. The minimum atomic E-state index is -4.90. The van der Waals surface area contributed by atoms with Gasteiger partial charge in [-0.1, -0.05) is 0 Å². The summed E-state index contributed by atoms with van der Waals surface area (Å²) in [4.78, 5) is 17.8. The number of anilines is 2. The summed E-state index contributed by atoms with van der Waals surface area (Å²) in [5.41, 5.74) is 2.73. The monoisotopic (exact) mass is 348 g/mol. The van der Waals surface area contributed by atoms with Crippen LogP contribution in [-0.4, -0.2) is 22.5 Å². The number of nitrogens with one attached hydrogen (secondary N) is 1. The van der Waals surface area contributed by atoms with Crippen molar-refractivity contribution in [2.75, 3.05) is 5.32 Å². The number of amides is 1. The van der Waals surface area contributed by atoms with Crippen molar-refractivity contribution in [2.45, 2.75) is 12.8 Å². The number of carbonyl (C=O) groups is 1. The fourth-order valence-corrected chi connectivity index (χ4v) is 1.69. The molecule has 0 saturated carbocycles. The first kappa shape index (κ1) is 17.4. The maximum Gasteiger partial charge on any atom is 0.434 e. The lowest BCUT2D eigenvalue weighted by molar-refractivity contribution is -0.141. The molecule has 1 heterocycles. The Kier molecular flexibility index (Phi) is 4.81. The van der Waals surface area contributed by atoms with Gasteiger partial charge >= 0.3 is 12.8 Å². The van der Waals surface area contributed by atoms with Gasteiger partial charge in [-0.15, -0.1) is 0 Å². The van der Waals surface area contributed by atoms with E-state index in [2.05, 4.69) is 20.0 Å². The zero-order chi connectivity index (χ0) is 17.9. The van der Waals surface area contributed by atoms with Crippen molar-refractivity contribution in [1.82, 2.24) is 9.97 Å². The van der Waals surface area contributed by atoms with Crippen LogP contribution < -0.4 is 15.8 Å². The van der Waals surface area contributed by atoms with Gasteiger partial charge in [0.05, 0.1) is 5.56 Å². The molecule has 0 aliphatic carbocycles. The summed E-state index contributed by atoms with van der Waals surface area (Å²) in [5, 5.41) is 2.45. The Bertz CT molecular complexity index is 734. The van der Waals surface area contributed by atoms with E-state index in [9.17, 15) is 26.7 Å². The van der Waals surface area contributed by atoms with Crippen molar-refractivity contribution in [3.63, 3.8) is 0 Å². The maximum atomic E-state index is 12.9. The number of rotatable bonds is 5. The van der Waals surface area contributed by atoms with Gasteiger partial charge in [-0.25, -0.2) is 9.97 Å². The average molecular weight is 348 g/mol. The van der Waals surface area contributed by atoms with Crippen LogP contribution in [0.4, 0.5) is 33.6 Å². The lowest BCUT2D eigenvalue weighted by atomic mass is 10.2. The predicted molar refractivity (Wildman–Crippen MR) is 71.9 cm³/mol. The van der Waals surface area contributed by atoms with Gasteiger partial charge in [-0.05, 0) is 24.3 Å². The van der Waals surface area contributed by atoms with Crippen LogP contribution in [-0.2, 0) is 6.18 Å². The Balaban J connectivity index is 2.25. The number of primary amides is 1. The number of carbonyl (C=O) groups excluding carboxylic acids is 1. The van der Waals surface area contributed by atoms with E-state index in [1.54, 1.807) is 0 Å². The van der Waals surface area contributed by atoms with Gasteiger partial charge in [-0.2, -0.15) is 22.0 Å². The summed E-state index contributed by atoms with van der Waals surface area (Å²) < 4.78 is 66.8. The molecule has 24 heavy (non-hydrogen) atoms. The molecule has 1 aromatic heterocycles. The largest absolute Gasteiger partial charge is 0.435 e. The Morgan fingerprint density at radius 1 is 1.21 bits per heavy atom. The first-order valence-corrected chi connectivity index (χ1v) is 6.23. The molecule has 0 bridgehead atoms. The lowest BCUT2D eigenvalue weighted by Gasteiger charge is -2.12. The third-order valence-electron chi connectivity index (χ3n) is 2.66. The smallest absolute Gasteiger partial charge is 0.434 e. The van der Waals surface area contributed by atoms with Crippen molar-refractivity contribution in [3.8, 4) is 5.75 Å². The van der Waals surface area contributed by atoms with E-state index < -0.39 is 35.9 Å². The first-order valence-electron chi connectivity index (χ1n) is 6.23. The Morgan fingerprint density at radius 2 is 1.83 bits per heavy atom. The molecule has 0 aliphatic heterocycles. The quantitative estimate of drug-likeness (QED) is 0.811. The number of nitrogens with two attached hydrogens (primary N) is 1. The van der Waals surface area contributed by atoms with Crippen molar-refractivity contribution < 1.29 is 31.5 Å². The number of alkyl halides is 5. The van der Waals surface area contributed by atoms with Crippen molar-refractivity contribution in [3.05, 3.63) is 41.7 Å². The fraction of sp³-hybridized carbons (Fsp3) is 0.154. The number of nitrogens with zero attached hydrogens (tertiary/aromatic N) is 2. The molecule has 0 spiro atoms. The summed E-state index contributed by atoms with van der Waals surface area (Å²) in [6, 6.07) is 4.90. The molecule has 11 heteroatoms. The molecule has 128 valence electrons. The summed E-state index contributed by atoms with van der Waals surface area (Å²) in [6.07, 6.45) is -4.26. The molecule has 1 amide bonds. The van der Waals surface area contributed by atoms with Gasteiger partial charge in [0.2, 0.25) is 5.95 Å². The zero-order valence-corrected chi connectivity index (χ0v) is 11.6. The van der Waals surface area contributed by atoms with Gasteiger partial charge in [0, 0.05) is 11.9 Å². The third-order valence-corrected chi connectivity index (χ3v) is 2.66. The fourth-order valence-electron chi connectivity index (χ4n) is 1.69.